The van der Waals surface area contributed by atoms with Crippen molar-refractivity contribution in [3.63, 3.8) is 0 Å². The van der Waals surface area contributed by atoms with E-state index in [1.54, 1.807) is 56.6 Å². The molecule has 8 heteroatoms. The van der Waals surface area contributed by atoms with Crippen molar-refractivity contribution in [1.29, 1.82) is 0 Å². The normalized spacial score (nSPS) is 22.2. The molecule has 1 aromatic carbocycles. The van der Waals surface area contributed by atoms with Gasteiger partial charge in [0.05, 0.1) is 11.7 Å². The number of anilines is 1. The van der Waals surface area contributed by atoms with E-state index in [0.717, 1.165) is 13.1 Å². The maximum atomic E-state index is 13.3. The standard InChI is InChI=1S/C26H36N4O4/c1-6-25(31)28-21-7-8-22-23(13-21)34-17-19(3)30(15-20-9-11-27-12-10-20)14-18(2)24(33-5)16-29(4)26(22)32/h7-13,18-19,24H,6,14-17H2,1-5H3,(H,28,31)/t18-,19+,24+/m1/s1. The fourth-order valence-corrected chi connectivity index (χ4v) is 4.12. The Bertz CT molecular complexity index is 969. The van der Waals surface area contributed by atoms with Crippen molar-refractivity contribution in [2.24, 2.45) is 5.92 Å². The molecule has 0 spiro atoms. The summed E-state index contributed by atoms with van der Waals surface area (Å²) in [6.07, 6.45) is 3.86. The highest BCUT2D eigenvalue weighted by Crippen LogP contribution is 2.27. The monoisotopic (exact) mass is 468 g/mol. The van der Waals surface area contributed by atoms with Gasteiger partial charge in [0.2, 0.25) is 5.91 Å². The van der Waals surface area contributed by atoms with E-state index in [9.17, 15) is 9.59 Å². The van der Waals surface area contributed by atoms with Crippen LogP contribution < -0.4 is 10.1 Å². The Morgan fingerprint density at radius 3 is 2.62 bits per heavy atom. The molecule has 2 aromatic rings. The van der Waals surface area contributed by atoms with Gasteiger partial charge in [-0.05, 0) is 42.7 Å². The molecule has 34 heavy (non-hydrogen) atoms. The molecule has 0 aliphatic carbocycles. The molecule has 0 fully saturated rings. The minimum absolute atomic E-state index is 0.0714. The van der Waals surface area contributed by atoms with E-state index in [1.165, 1.54) is 5.56 Å². The second-order valence-electron chi connectivity index (χ2n) is 8.99. The molecule has 1 aromatic heterocycles. The number of nitrogens with one attached hydrogen (secondary N) is 1. The molecule has 1 N–H and O–H groups in total. The van der Waals surface area contributed by atoms with Gasteiger partial charge in [0.1, 0.15) is 12.4 Å². The van der Waals surface area contributed by atoms with Crippen LogP contribution in [0, 0.1) is 5.92 Å². The number of hydrogen-bond donors (Lipinski definition) is 1. The van der Waals surface area contributed by atoms with Gasteiger partial charge in [-0.2, -0.15) is 0 Å². The lowest BCUT2D eigenvalue weighted by atomic mass is 10.0. The lowest BCUT2D eigenvalue weighted by Gasteiger charge is -2.36. The molecule has 0 radical (unpaired) electrons. The first-order valence-corrected chi connectivity index (χ1v) is 11.8. The zero-order chi connectivity index (χ0) is 24.7. The SMILES string of the molecule is CCC(=O)Nc1ccc2c(c1)OC[C@H](C)N(Cc1ccncc1)C[C@@H](C)[C@@H](OC)CN(C)C2=O. The van der Waals surface area contributed by atoms with Gasteiger partial charge in [-0.1, -0.05) is 13.8 Å². The average molecular weight is 469 g/mol. The molecular weight excluding hydrogens is 432 g/mol. The Kier molecular flexibility index (Phi) is 9.01. The number of hydrogen-bond acceptors (Lipinski definition) is 6. The zero-order valence-corrected chi connectivity index (χ0v) is 20.8. The predicted molar refractivity (Wildman–Crippen MR) is 132 cm³/mol. The molecule has 1 aliphatic heterocycles. The van der Waals surface area contributed by atoms with E-state index >= 15 is 0 Å². The van der Waals surface area contributed by atoms with E-state index in [-0.39, 0.29) is 29.9 Å². The number of pyridine rings is 1. The van der Waals surface area contributed by atoms with Crippen LogP contribution in [0.4, 0.5) is 5.69 Å². The first-order chi connectivity index (χ1) is 16.3. The fraction of sp³-hybridized carbons (Fsp3) is 0.500. The number of methoxy groups -OCH3 is 1. The molecule has 1 aliphatic rings. The first kappa shape index (κ1) is 25.6. The van der Waals surface area contributed by atoms with Crippen molar-refractivity contribution in [3.05, 3.63) is 53.9 Å². The summed E-state index contributed by atoms with van der Waals surface area (Å²) in [6, 6.07) is 9.30. The van der Waals surface area contributed by atoms with E-state index in [4.69, 9.17) is 9.47 Å². The van der Waals surface area contributed by atoms with Gasteiger partial charge in [-0.25, -0.2) is 0 Å². The molecule has 184 valence electrons. The third-order valence-corrected chi connectivity index (χ3v) is 6.32. The van der Waals surface area contributed by atoms with Crippen LogP contribution in [0.3, 0.4) is 0 Å². The van der Waals surface area contributed by atoms with Crippen molar-refractivity contribution in [2.75, 3.05) is 39.2 Å². The van der Waals surface area contributed by atoms with E-state index < -0.39 is 0 Å². The Morgan fingerprint density at radius 2 is 1.94 bits per heavy atom. The summed E-state index contributed by atoms with van der Waals surface area (Å²) in [7, 11) is 3.47. The highest BCUT2D eigenvalue weighted by Gasteiger charge is 2.28. The molecule has 2 heterocycles. The molecular formula is C26H36N4O4. The van der Waals surface area contributed by atoms with Crippen LogP contribution in [0.5, 0.6) is 5.75 Å². The highest BCUT2D eigenvalue weighted by molar-refractivity contribution is 5.98. The van der Waals surface area contributed by atoms with Crippen molar-refractivity contribution in [2.45, 2.75) is 45.9 Å². The smallest absolute Gasteiger partial charge is 0.257 e. The number of benzene rings is 1. The van der Waals surface area contributed by atoms with Gasteiger partial charge in [-0.3, -0.25) is 19.5 Å². The summed E-state index contributed by atoms with van der Waals surface area (Å²) in [5.41, 5.74) is 2.25. The Labute approximate surface area is 202 Å². The predicted octanol–water partition coefficient (Wildman–Crippen LogP) is 3.44. The minimum Gasteiger partial charge on any atom is -0.491 e. The molecule has 0 unspecified atom stereocenters. The van der Waals surface area contributed by atoms with Gasteiger partial charge < -0.3 is 19.7 Å². The van der Waals surface area contributed by atoms with Crippen molar-refractivity contribution >= 4 is 17.5 Å². The number of carbonyl (C=O) groups is 2. The topological polar surface area (TPSA) is 84.0 Å². The first-order valence-electron chi connectivity index (χ1n) is 11.8. The lowest BCUT2D eigenvalue weighted by Crippen LogP contribution is -2.46. The van der Waals surface area contributed by atoms with Crippen molar-refractivity contribution in [1.82, 2.24) is 14.8 Å². The van der Waals surface area contributed by atoms with Crippen molar-refractivity contribution in [3.8, 4) is 5.75 Å². The number of fused-ring (bicyclic) bond motifs is 1. The Morgan fingerprint density at radius 1 is 1.21 bits per heavy atom. The van der Waals surface area contributed by atoms with Crippen LogP contribution in [-0.2, 0) is 16.1 Å². The highest BCUT2D eigenvalue weighted by atomic mass is 16.5. The minimum atomic E-state index is -0.139. The average Bonchev–Trinajstić information content (AvgIpc) is 2.84. The van der Waals surface area contributed by atoms with Gasteiger partial charge in [-0.15, -0.1) is 0 Å². The summed E-state index contributed by atoms with van der Waals surface area (Å²) in [6.45, 7) is 8.46. The summed E-state index contributed by atoms with van der Waals surface area (Å²) in [5.74, 6) is 0.420. The molecule has 0 saturated heterocycles. The summed E-state index contributed by atoms with van der Waals surface area (Å²) >= 11 is 0. The number of aromatic nitrogens is 1. The maximum Gasteiger partial charge on any atom is 0.257 e. The number of carbonyl (C=O) groups excluding carboxylic acids is 2. The van der Waals surface area contributed by atoms with Crippen molar-refractivity contribution < 1.29 is 19.1 Å². The molecule has 3 rings (SSSR count). The summed E-state index contributed by atoms with van der Waals surface area (Å²) in [4.78, 5) is 33.3. The second-order valence-corrected chi connectivity index (χ2v) is 8.99. The van der Waals surface area contributed by atoms with Crippen LogP contribution in [0.15, 0.2) is 42.7 Å². The lowest BCUT2D eigenvalue weighted by molar-refractivity contribution is -0.115. The van der Waals surface area contributed by atoms with Gasteiger partial charge in [0.15, 0.2) is 0 Å². The Hall–Kier alpha value is -2.97. The second kappa shape index (κ2) is 11.9. The summed E-state index contributed by atoms with van der Waals surface area (Å²) in [5, 5.41) is 2.85. The number of ether oxygens (including phenoxy) is 2. The molecule has 2 amide bonds. The van der Waals surface area contributed by atoms with Gasteiger partial charge in [0, 0.05) is 70.4 Å². The molecule has 3 atom stereocenters. The van der Waals surface area contributed by atoms with E-state index in [2.05, 4.69) is 29.0 Å². The van der Waals surface area contributed by atoms with Crippen LogP contribution in [-0.4, -0.2) is 72.6 Å². The molecule has 0 saturated carbocycles. The third kappa shape index (κ3) is 6.55. The maximum absolute atomic E-state index is 13.3. The third-order valence-electron chi connectivity index (χ3n) is 6.32. The van der Waals surface area contributed by atoms with Gasteiger partial charge >= 0.3 is 0 Å². The van der Waals surface area contributed by atoms with Crippen LogP contribution in [0.2, 0.25) is 0 Å². The molecule has 8 nitrogen and oxygen atoms in total. The number of amides is 2. The largest absolute Gasteiger partial charge is 0.491 e. The quantitative estimate of drug-likeness (QED) is 0.724. The van der Waals surface area contributed by atoms with Crippen LogP contribution >= 0.6 is 0 Å². The van der Waals surface area contributed by atoms with Gasteiger partial charge in [0.25, 0.3) is 5.91 Å². The van der Waals surface area contributed by atoms with E-state index in [0.29, 0.717) is 36.6 Å². The summed E-state index contributed by atoms with van der Waals surface area (Å²) < 4.78 is 12.0. The number of rotatable bonds is 5. The van der Waals surface area contributed by atoms with Crippen LogP contribution in [0.1, 0.15) is 43.1 Å². The number of likely N-dealkylation sites (N-methyl/N-ethyl adjacent to an activating group) is 1. The number of nitrogens with zero attached hydrogens (tertiary/aromatic N) is 3. The van der Waals surface area contributed by atoms with E-state index in [1.807, 2.05) is 12.1 Å². The zero-order valence-electron chi connectivity index (χ0n) is 20.8. The molecule has 0 bridgehead atoms. The fourth-order valence-electron chi connectivity index (χ4n) is 4.12. The van der Waals surface area contributed by atoms with Crippen LogP contribution in [0.25, 0.3) is 0 Å². The Balaban J connectivity index is 1.94.